The maximum absolute atomic E-state index is 12.2. The number of rotatable bonds is 4. The van der Waals surface area contributed by atoms with Crippen LogP contribution in [0.25, 0.3) is 4.96 Å². The molecule has 3 aromatic heterocycles. The molecule has 0 bridgehead atoms. The smallest absolute Gasteiger partial charge is 0.261 e. The first-order valence-corrected chi connectivity index (χ1v) is 8.06. The molecule has 0 aromatic carbocycles. The Morgan fingerprint density at radius 3 is 2.87 bits per heavy atom. The minimum Gasteiger partial charge on any atom is -0.351 e. The zero-order chi connectivity index (χ0) is 16.6. The van der Waals surface area contributed by atoms with Gasteiger partial charge in [-0.3, -0.25) is 9.59 Å². The molecule has 0 aliphatic heterocycles. The van der Waals surface area contributed by atoms with Crippen molar-refractivity contribution in [3.8, 4) is 0 Å². The molecule has 0 saturated carbocycles. The second-order valence-electron chi connectivity index (χ2n) is 5.43. The maximum atomic E-state index is 12.2. The van der Waals surface area contributed by atoms with Gasteiger partial charge in [-0.1, -0.05) is 11.3 Å². The van der Waals surface area contributed by atoms with Crippen LogP contribution in [0, 0.1) is 20.8 Å². The molecule has 120 valence electrons. The minimum atomic E-state index is -0.362. The van der Waals surface area contributed by atoms with Crippen molar-refractivity contribution < 1.29 is 4.79 Å². The molecular formula is C15H17N5O2S. The van der Waals surface area contributed by atoms with E-state index in [9.17, 15) is 9.59 Å². The standard InChI is InChI=1S/C15H17N5O2S/c1-8-6-9(2)17-14(22)12(8)13(21)16-5-4-11-7-20-15(18-11)23-10(3)19-20/h6-7H,4-5H2,1-3H3,(H,16,21)(H,17,22). The van der Waals surface area contributed by atoms with Crippen molar-refractivity contribution in [3.63, 3.8) is 0 Å². The zero-order valence-corrected chi connectivity index (χ0v) is 14.0. The first-order chi connectivity index (χ1) is 10.9. The predicted molar refractivity (Wildman–Crippen MR) is 88.2 cm³/mol. The van der Waals surface area contributed by atoms with Crippen molar-refractivity contribution in [1.82, 2.24) is 24.9 Å². The summed E-state index contributed by atoms with van der Waals surface area (Å²) in [7, 11) is 0. The average molecular weight is 331 g/mol. The fourth-order valence-electron chi connectivity index (χ4n) is 2.49. The van der Waals surface area contributed by atoms with Crippen molar-refractivity contribution in [2.75, 3.05) is 6.54 Å². The number of aromatic amines is 1. The number of aromatic nitrogens is 4. The number of nitrogens with zero attached hydrogens (tertiary/aromatic N) is 3. The van der Waals surface area contributed by atoms with Crippen LogP contribution in [0.15, 0.2) is 17.1 Å². The normalized spacial score (nSPS) is 11.1. The van der Waals surface area contributed by atoms with Crippen LogP contribution in [0.2, 0.25) is 0 Å². The van der Waals surface area contributed by atoms with Crippen LogP contribution in [-0.2, 0) is 6.42 Å². The molecule has 0 spiro atoms. The Kier molecular flexibility index (Phi) is 3.99. The van der Waals surface area contributed by atoms with Crippen LogP contribution in [-0.4, -0.2) is 32.0 Å². The number of carbonyl (C=O) groups excluding carboxylic acids is 1. The van der Waals surface area contributed by atoms with Gasteiger partial charge in [-0.2, -0.15) is 5.10 Å². The van der Waals surface area contributed by atoms with E-state index in [4.69, 9.17) is 0 Å². The summed E-state index contributed by atoms with van der Waals surface area (Å²) in [5.41, 5.74) is 2.08. The molecule has 1 amide bonds. The first-order valence-electron chi connectivity index (χ1n) is 7.24. The largest absolute Gasteiger partial charge is 0.351 e. The van der Waals surface area contributed by atoms with E-state index in [2.05, 4.69) is 20.4 Å². The van der Waals surface area contributed by atoms with Gasteiger partial charge in [0.1, 0.15) is 10.6 Å². The van der Waals surface area contributed by atoms with Gasteiger partial charge in [0.2, 0.25) is 4.96 Å². The number of hydrogen-bond acceptors (Lipinski definition) is 5. The molecule has 0 atom stereocenters. The first kappa shape index (κ1) is 15.4. The molecule has 7 nitrogen and oxygen atoms in total. The molecule has 3 rings (SSSR count). The van der Waals surface area contributed by atoms with Gasteiger partial charge in [0.05, 0.1) is 11.9 Å². The number of imidazole rings is 1. The van der Waals surface area contributed by atoms with E-state index in [0.717, 1.165) is 21.4 Å². The van der Waals surface area contributed by atoms with E-state index in [1.54, 1.807) is 24.4 Å². The Hall–Kier alpha value is -2.48. The number of H-pyrrole nitrogens is 1. The Morgan fingerprint density at radius 2 is 2.17 bits per heavy atom. The summed E-state index contributed by atoms with van der Waals surface area (Å²) in [6.45, 7) is 5.89. The summed E-state index contributed by atoms with van der Waals surface area (Å²) in [4.78, 5) is 32.0. The molecule has 3 heterocycles. The van der Waals surface area contributed by atoms with Crippen molar-refractivity contribution in [2.24, 2.45) is 0 Å². The van der Waals surface area contributed by atoms with E-state index in [1.807, 2.05) is 13.1 Å². The van der Waals surface area contributed by atoms with Gasteiger partial charge in [-0.15, -0.1) is 0 Å². The van der Waals surface area contributed by atoms with Gasteiger partial charge in [-0.25, -0.2) is 9.50 Å². The van der Waals surface area contributed by atoms with Crippen LogP contribution in [0.4, 0.5) is 0 Å². The molecule has 0 aliphatic rings. The van der Waals surface area contributed by atoms with Crippen molar-refractivity contribution in [1.29, 1.82) is 0 Å². The lowest BCUT2D eigenvalue weighted by atomic mass is 10.1. The molecule has 2 N–H and O–H groups in total. The highest BCUT2D eigenvalue weighted by Crippen LogP contribution is 2.13. The maximum Gasteiger partial charge on any atom is 0.261 e. The molecule has 0 saturated heterocycles. The van der Waals surface area contributed by atoms with Crippen molar-refractivity contribution in [2.45, 2.75) is 27.2 Å². The van der Waals surface area contributed by atoms with Crippen molar-refractivity contribution in [3.05, 3.63) is 50.1 Å². The summed E-state index contributed by atoms with van der Waals surface area (Å²) in [5, 5.41) is 8.03. The zero-order valence-electron chi connectivity index (χ0n) is 13.1. The van der Waals surface area contributed by atoms with E-state index >= 15 is 0 Å². The van der Waals surface area contributed by atoms with Gasteiger partial charge < -0.3 is 10.3 Å². The second kappa shape index (κ2) is 5.96. The number of nitrogens with one attached hydrogen (secondary N) is 2. The van der Waals surface area contributed by atoms with Gasteiger partial charge in [0.25, 0.3) is 11.5 Å². The molecule has 0 fully saturated rings. The predicted octanol–water partition coefficient (Wildman–Crippen LogP) is 1.38. The van der Waals surface area contributed by atoms with Gasteiger partial charge >= 0.3 is 0 Å². The average Bonchev–Trinajstić information content (AvgIpc) is 2.94. The summed E-state index contributed by atoms with van der Waals surface area (Å²) < 4.78 is 1.74. The molecule has 23 heavy (non-hydrogen) atoms. The summed E-state index contributed by atoms with van der Waals surface area (Å²) in [6, 6.07) is 1.79. The number of pyridine rings is 1. The Morgan fingerprint density at radius 1 is 1.39 bits per heavy atom. The third-order valence-electron chi connectivity index (χ3n) is 3.45. The van der Waals surface area contributed by atoms with Gasteiger partial charge in [-0.05, 0) is 32.4 Å². The molecule has 8 heteroatoms. The quantitative estimate of drug-likeness (QED) is 0.755. The number of hydrogen-bond donors (Lipinski definition) is 2. The highest BCUT2D eigenvalue weighted by molar-refractivity contribution is 7.16. The van der Waals surface area contributed by atoms with Crippen LogP contribution < -0.4 is 10.9 Å². The second-order valence-corrected chi connectivity index (χ2v) is 6.59. The van der Waals surface area contributed by atoms with Crippen LogP contribution in [0.3, 0.4) is 0 Å². The summed E-state index contributed by atoms with van der Waals surface area (Å²) in [6.07, 6.45) is 2.44. The Balaban J connectivity index is 1.65. The minimum absolute atomic E-state index is 0.165. The third kappa shape index (κ3) is 3.16. The topological polar surface area (TPSA) is 92.2 Å². The fraction of sp³-hybridized carbons (Fsp3) is 0.333. The molecule has 0 unspecified atom stereocenters. The van der Waals surface area contributed by atoms with Crippen LogP contribution in [0.5, 0.6) is 0 Å². The summed E-state index contributed by atoms with van der Waals surface area (Å²) >= 11 is 1.52. The molecular weight excluding hydrogens is 314 g/mol. The Labute approximate surface area is 136 Å². The van der Waals surface area contributed by atoms with E-state index in [-0.39, 0.29) is 17.0 Å². The van der Waals surface area contributed by atoms with Gasteiger partial charge in [0, 0.05) is 18.7 Å². The lowest BCUT2D eigenvalue weighted by Gasteiger charge is -2.07. The highest BCUT2D eigenvalue weighted by Gasteiger charge is 2.14. The monoisotopic (exact) mass is 331 g/mol. The molecule has 0 radical (unpaired) electrons. The van der Waals surface area contributed by atoms with Crippen LogP contribution >= 0.6 is 11.3 Å². The number of aryl methyl sites for hydroxylation is 3. The van der Waals surface area contributed by atoms with Gasteiger partial charge in [0.15, 0.2) is 0 Å². The number of amides is 1. The van der Waals surface area contributed by atoms with E-state index < -0.39 is 0 Å². The third-order valence-corrected chi connectivity index (χ3v) is 4.29. The lowest BCUT2D eigenvalue weighted by molar-refractivity contribution is 0.0952. The Bertz CT molecular complexity index is 906. The highest BCUT2D eigenvalue weighted by atomic mass is 32.1. The number of carbonyl (C=O) groups is 1. The molecule has 3 aromatic rings. The van der Waals surface area contributed by atoms with E-state index in [0.29, 0.717) is 18.5 Å². The van der Waals surface area contributed by atoms with Crippen molar-refractivity contribution >= 4 is 22.2 Å². The fourth-order valence-corrected chi connectivity index (χ4v) is 3.24. The van der Waals surface area contributed by atoms with E-state index in [1.165, 1.54) is 11.3 Å². The van der Waals surface area contributed by atoms with Crippen LogP contribution in [0.1, 0.15) is 32.3 Å². The summed E-state index contributed by atoms with van der Waals surface area (Å²) in [5.74, 6) is -0.362. The molecule has 0 aliphatic carbocycles. The lowest BCUT2D eigenvalue weighted by Crippen LogP contribution is -2.32. The number of fused-ring (bicyclic) bond motifs is 1. The SMILES string of the molecule is Cc1cc(C)c(C(=O)NCCc2cn3nc(C)sc3n2)c(=O)[nH]1.